The number of hydrogen-bond acceptors (Lipinski definition) is 3. The Balaban J connectivity index is 2.11. The van der Waals surface area contributed by atoms with Crippen LogP contribution < -0.4 is 4.90 Å². The van der Waals surface area contributed by atoms with Gasteiger partial charge in [-0.05, 0) is 12.8 Å². The van der Waals surface area contributed by atoms with Gasteiger partial charge >= 0.3 is 0 Å². The van der Waals surface area contributed by atoms with E-state index in [0.29, 0.717) is 17.0 Å². The lowest BCUT2D eigenvalue weighted by atomic mass is 9.94. The van der Waals surface area contributed by atoms with E-state index in [2.05, 4.69) is 14.9 Å². The van der Waals surface area contributed by atoms with Gasteiger partial charge < -0.3 is 4.90 Å². The molecule has 1 heterocycles. The fourth-order valence-corrected chi connectivity index (χ4v) is 2.69. The molecule has 0 saturated heterocycles. The normalized spacial score (nSPS) is 25.4. The fourth-order valence-electron chi connectivity index (χ4n) is 2.14. The number of rotatable bonds is 2. The van der Waals surface area contributed by atoms with E-state index in [9.17, 15) is 0 Å². The number of halogens is 2. The second kappa shape index (κ2) is 5.19. The predicted octanol–water partition coefficient (Wildman–Crippen LogP) is 3.12. The SMILES string of the molecule is CN(c1ncc(Cl)cn1)C1CCCCC1Cl. The minimum Gasteiger partial charge on any atom is -0.339 e. The van der Waals surface area contributed by atoms with Gasteiger partial charge in [0.1, 0.15) is 0 Å². The van der Waals surface area contributed by atoms with Gasteiger partial charge in [0.2, 0.25) is 5.95 Å². The average Bonchev–Trinajstić information content (AvgIpc) is 2.30. The van der Waals surface area contributed by atoms with Crippen molar-refractivity contribution in [2.75, 3.05) is 11.9 Å². The quantitative estimate of drug-likeness (QED) is 0.765. The molecule has 0 amide bonds. The molecule has 0 aromatic carbocycles. The van der Waals surface area contributed by atoms with Crippen molar-refractivity contribution in [2.45, 2.75) is 37.1 Å². The first-order chi connectivity index (χ1) is 7.68. The summed E-state index contributed by atoms with van der Waals surface area (Å²) >= 11 is 12.1. The first-order valence-corrected chi connectivity index (χ1v) is 6.34. The molecule has 3 nitrogen and oxygen atoms in total. The number of hydrogen-bond donors (Lipinski definition) is 0. The van der Waals surface area contributed by atoms with Crippen molar-refractivity contribution < 1.29 is 0 Å². The molecule has 2 rings (SSSR count). The Labute approximate surface area is 106 Å². The van der Waals surface area contributed by atoms with Crippen LogP contribution in [0.3, 0.4) is 0 Å². The van der Waals surface area contributed by atoms with E-state index >= 15 is 0 Å². The Kier molecular flexibility index (Phi) is 3.87. The van der Waals surface area contributed by atoms with Gasteiger partial charge in [0.05, 0.1) is 22.8 Å². The van der Waals surface area contributed by atoms with Gasteiger partial charge in [0.25, 0.3) is 0 Å². The Morgan fingerprint density at radius 1 is 1.25 bits per heavy atom. The highest BCUT2D eigenvalue weighted by atomic mass is 35.5. The fraction of sp³-hybridized carbons (Fsp3) is 0.636. The van der Waals surface area contributed by atoms with Crippen LogP contribution in [-0.4, -0.2) is 28.4 Å². The molecule has 0 N–H and O–H groups in total. The minimum absolute atomic E-state index is 0.193. The second-order valence-corrected chi connectivity index (χ2v) is 5.18. The standard InChI is InChI=1S/C11H15Cl2N3/c1-16(10-5-3-2-4-9(10)13)11-14-6-8(12)7-15-11/h6-7,9-10H,2-5H2,1H3. The molecule has 0 bridgehead atoms. The molecular formula is C11H15Cl2N3. The third-order valence-electron chi connectivity index (χ3n) is 3.07. The van der Waals surface area contributed by atoms with Crippen molar-refractivity contribution in [1.82, 2.24) is 9.97 Å². The molecule has 1 aromatic rings. The Hall–Kier alpha value is -0.540. The maximum absolute atomic E-state index is 6.34. The predicted molar refractivity (Wildman–Crippen MR) is 67.3 cm³/mol. The minimum atomic E-state index is 0.193. The smallest absolute Gasteiger partial charge is 0.225 e. The van der Waals surface area contributed by atoms with E-state index in [1.54, 1.807) is 12.4 Å². The van der Waals surface area contributed by atoms with Crippen LogP contribution in [0.15, 0.2) is 12.4 Å². The first-order valence-electron chi connectivity index (χ1n) is 5.53. The Morgan fingerprint density at radius 3 is 2.50 bits per heavy atom. The lowest BCUT2D eigenvalue weighted by Crippen LogP contribution is -2.41. The summed E-state index contributed by atoms with van der Waals surface area (Å²) in [7, 11) is 1.99. The lowest BCUT2D eigenvalue weighted by molar-refractivity contribution is 0.430. The maximum Gasteiger partial charge on any atom is 0.225 e. The molecule has 1 fully saturated rings. The van der Waals surface area contributed by atoms with Gasteiger partial charge in [-0.3, -0.25) is 0 Å². The van der Waals surface area contributed by atoms with Crippen LogP contribution in [0.4, 0.5) is 5.95 Å². The van der Waals surface area contributed by atoms with Crippen molar-refractivity contribution >= 4 is 29.2 Å². The molecule has 2 unspecified atom stereocenters. The number of alkyl halides is 1. The third-order valence-corrected chi connectivity index (χ3v) is 3.77. The van der Waals surface area contributed by atoms with Crippen molar-refractivity contribution in [3.05, 3.63) is 17.4 Å². The van der Waals surface area contributed by atoms with Crippen LogP contribution in [0.1, 0.15) is 25.7 Å². The van der Waals surface area contributed by atoms with Crippen molar-refractivity contribution in [3.8, 4) is 0 Å². The summed E-state index contributed by atoms with van der Waals surface area (Å²) in [6.07, 6.45) is 7.87. The lowest BCUT2D eigenvalue weighted by Gasteiger charge is -2.34. The second-order valence-electron chi connectivity index (χ2n) is 4.18. The van der Waals surface area contributed by atoms with Gasteiger partial charge in [0.15, 0.2) is 0 Å². The molecule has 0 radical (unpaired) electrons. The molecular weight excluding hydrogens is 245 g/mol. The molecule has 0 aliphatic heterocycles. The Morgan fingerprint density at radius 2 is 1.88 bits per heavy atom. The average molecular weight is 260 g/mol. The zero-order valence-corrected chi connectivity index (χ0v) is 10.7. The van der Waals surface area contributed by atoms with Gasteiger partial charge in [-0.2, -0.15) is 0 Å². The highest BCUT2D eigenvalue weighted by molar-refractivity contribution is 6.30. The summed E-state index contributed by atoms with van der Waals surface area (Å²) in [6, 6.07) is 0.330. The number of aromatic nitrogens is 2. The molecule has 0 spiro atoms. The summed E-state index contributed by atoms with van der Waals surface area (Å²) in [5, 5.41) is 0.751. The molecule has 1 saturated carbocycles. The van der Waals surface area contributed by atoms with Crippen molar-refractivity contribution in [2.24, 2.45) is 0 Å². The van der Waals surface area contributed by atoms with Crippen LogP contribution in [0.25, 0.3) is 0 Å². The highest BCUT2D eigenvalue weighted by Gasteiger charge is 2.27. The maximum atomic E-state index is 6.34. The first kappa shape index (κ1) is 11.9. The number of nitrogens with zero attached hydrogens (tertiary/aromatic N) is 3. The van der Waals surface area contributed by atoms with Gasteiger partial charge in [-0.15, -0.1) is 11.6 Å². The summed E-state index contributed by atoms with van der Waals surface area (Å²) in [6.45, 7) is 0. The zero-order valence-electron chi connectivity index (χ0n) is 9.24. The van der Waals surface area contributed by atoms with Gasteiger partial charge in [0, 0.05) is 13.1 Å². The van der Waals surface area contributed by atoms with Crippen molar-refractivity contribution in [1.29, 1.82) is 0 Å². The van der Waals surface area contributed by atoms with E-state index in [1.165, 1.54) is 12.8 Å². The molecule has 1 aliphatic carbocycles. The Bertz CT molecular complexity index is 342. The molecule has 16 heavy (non-hydrogen) atoms. The molecule has 2 atom stereocenters. The van der Waals surface area contributed by atoms with E-state index in [-0.39, 0.29) is 5.38 Å². The van der Waals surface area contributed by atoms with Crippen LogP contribution in [-0.2, 0) is 0 Å². The van der Waals surface area contributed by atoms with Gasteiger partial charge in [-0.1, -0.05) is 24.4 Å². The van der Waals surface area contributed by atoms with E-state index < -0.39 is 0 Å². The van der Waals surface area contributed by atoms with E-state index in [4.69, 9.17) is 23.2 Å². The molecule has 1 aliphatic rings. The van der Waals surface area contributed by atoms with Crippen LogP contribution in [0, 0.1) is 0 Å². The summed E-state index contributed by atoms with van der Waals surface area (Å²) in [5.74, 6) is 0.696. The molecule has 88 valence electrons. The summed E-state index contributed by atoms with van der Waals surface area (Å²) < 4.78 is 0. The highest BCUT2D eigenvalue weighted by Crippen LogP contribution is 2.28. The largest absolute Gasteiger partial charge is 0.339 e. The summed E-state index contributed by atoms with van der Waals surface area (Å²) in [4.78, 5) is 10.5. The molecule has 1 aromatic heterocycles. The molecule has 5 heteroatoms. The van der Waals surface area contributed by atoms with E-state index in [0.717, 1.165) is 12.8 Å². The number of anilines is 1. The topological polar surface area (TPSA) is 29.0 Å². The van der Waals surface area contributed by atoms with Gasteiger partial charge in [-0.25, -0.2) is 9.97 Å². The van der Waals surface area contributed by atoms with Crippen LogP contribution in [0.5, 0.6) is 0 Å². The summed E-state index contributed by atoms with van der Waals surface area (Å²) in [5.41, 5.74) is 0. The third kappa shape index (κ3) is 2.58. The van der Waals surface area contributed by atoms with Crippen LogP contribution in [0.2, 0.25) is 5.02 Å². The monoisotopic (exact) mass is 259 g/mol. The van der Waals surface area contributed by atoms with E-state index in [1.807, 2.05) is 7.05 Å². The van der Waals surface area contributed by atoms with Crippen LogP contribution >= 0.6 is 23.2 Å². The van der Waals surface area contributed by atoms with Crippen molar-refractivity contribution in [3.63, 3.8) is 0 Å². The zero-order chi connectivity index (χ0) is 11.5.